The first kappa shape index (κ1) is 11.6. The van der Waals surface area contributed by atoms with Crippen molar-refractivity contribution in [1.29, 1.82) is 0 Å². The van der Waals surface area contributed by atoms with Gasteiger partial charge in [0.2, 0.25) is 0 Å². The minimum atomic E-state index is -0.849. The zero-order chi connectivity index (χ0) is 10.4. The SMILES string of the molecule is O=C(O)C(CS)N[Se]c1ccccc1. The summed E-state index contributed by atoms with van der Waals surface area (Å²) in [5.74, 6) is -0.540. The molecule has 0 saturated carbocycles. The number of carbonyl (C=O) groups is 1. The molecule has 1 aromatic rings. The average Bonchev–Trinajstić information content (AvgIpc) is 2.20. The Hall–Kier alpha value is -0.481. The maximum absolute atomic E-state index is 10.7. The average molecular weight is 276 g/mol. The molecule has 0 saturated heterocycles. The predicted octanol–water partition coefficient (Wildman–Crippen LogP) is -0.0963. The molecule has 76 valence electrons. The number of hydrogen-bond acceptors (Lipinski definition) is 3. The monoisotopic (exact) mass is 277 g/mol. The second-order valence-electron chi connectivity index (χ2n) is 2.61. The van der Waals surface area contributed by atoms with Crippen molar-refractivity contribution in [1.82, 2.24) is 4.33 Å². The molecule has 0 heterocycles. The van der Waals surface area contributed by atoms with Crippen LogP contribution in [0, 0.1) is 0 Å². The van der Waals surface area contributed by atoms with Crippen LogP contribution in [0.25, 0.3) is 0 Å². The van der Waals surface area contributed by atoms with Crippen LogP contribution in [-0.4, -0.2) is 38.0 Å². The molecule has 0 aliphatic heterocycles. The van der Waals surface area contributed by atoms with Crippen LogP contribution < -0.4 is 8.79 Å². The summed E-state index contributed by atoms with van der Waals surface area (Å²) in [5.41, 5.74) is 0. The number of hydrogen-bond donors (Lipinski definition) is 3. The summed E-state index contributed by atoms with van der Waals surface area (Å²) in [7, 11) is 0. The van der Waals surface area contributed by atoms with Crippen molar-refractivity contribution in [2.75, 3.05) is 5.75 Å². The molecule has 1 atom stereocenters. The van der Waals surface area contributed by atoms with Crippen LogP contribution in [0.4, 0.5) is 0 Å². The molecule has 14 heavy (non-hydrogen) atoms. The molecule has 1 rings (SSSR count). The van der Waals surface area contributed by atoms with E-state index in [4.69, 9.17) is 5.11 Å². The van der Waals surface area contributed by atoms with Crippen LogP contribution in [0.5, 0.6) is 0 Å². The maximum atomic E-state index is 10.7. The Morgan fingerprint density at radius 2 is 2.14 bits per heavy atom. The first-order chi connectivity index (χ1) is 6.74. The molecule has 2 N–H and O–H groups in total. The zero-order valence-electron chi connectivity index (χ0n) is 7.38. The molecule has 1 unspecified atom stereocenters. The summed E-state index contributed by atoms with van der Waals surface area (Å²) in [5, 5.41) is 8.75. The second-order valence-corrected chi connectivity index (χ2v) is 4.88. The van der Waals surface area contributed by atoms with E-state index in [1.807, 2.05) is 30.3 Å². The van der Waals surface area contributed by atoms with Crippen molar-refractivity contribution in [3.8, 4) is 0 Å². The normalized spacial score (nSPS) is 12.4. The Balaban J connectivity index is 2.44. The molecule has 0 bridgehead atoms. The van der Waals surface area contributed by atoms with Crippen molar-refractivity contribution in [2.45, 2.75) is 6.04 Å². The van der Waals surface area contributed by atoms with E-state index < -0.39 is 12.0 Å². The molecule has 3 nitrogen and oxygen atoms in total. The Bertz CT molecular complexity index is 294. The van der Waals surface area contributed by atoms with Gasteiger partial charge in [-0.2, -0.15) is 0 Å². The number of rotatable bonds is 5. The molecule has 1 aromatic carbocycles. The van der Waals surface area contributed by atoms with E-state index >= 15 is 0 Å². The van der Waals surface area contributed by atoms with Crippen LogP contribution in [-0.2, 0) is 4.79 Å². The van der Waals surface area contributed by atoms with E-state index in [1.165, 1.54) is 0 Å². The third-order valence-electron chi connectivity index (χ3n) is 1.54. The van der Waals surface area contributed by atoms with Gasteiger partial charge in [0.1, 0.15) is 0 Å². The van der Waals surface area contributed by atoms with E-state index in [0.717, 1.165) is 4.46 Å². The summed E-state index contributed by atoms with van der Waals surface area (Å²) in [4.78, 5) is 10.7. The van der Waals surface area contributed by atoms with E-state index in [1.54, 1.807) is 0 Å². The molecule has 0 spiro atoms. The van der Waals surface area contributed by atoms with E-state index in [9.17, 15) is 4.79 Å². The van der Waals surface area contributed by atoms with Crippen LogP contribution in [0.3, 0.4) is 0 Å². The van der Waals surface area contributed by atoms with Crippen molar-refractivity contribution >= 4 is 38.2 Å². The van der Waals surface area contributed by atoms with Gasteiger partial charge in [-0.1, -0.05) is 0 Å². The van der Waals surface area contributed by atoms with Gasteiger partial charge < -0.3 is 0 Å². The summed E-state index contributed by atoms with van der Waals surface area (Å²) < 4.78 is 4.10. The molecule has 0 fully saturated rings. The van der Waals surface area contributed by atoms with Crippen LogP contribution >= 0.6 is 12.6 Å². The fourth-order valence-corrected chi connectivity index (χ4v) is 2.90. The van der Waals surface area contributed by atoms with Gasteiger partial charge in [-0.15, -0.1) is 0 Å². The van der Waals surface area contributed by atoms with Crippen molar-refractivity contribution in [3.63, 3.8) is 0 Å². The van der Waals surface area contributed by atoms with Gasteiger partial charge in [0.05, 0.1) is 0 Å². The molecular weight excluding hydrogens is 265 g/mol. The third kappa shape index (κ3) is 3.72. The Kier molecular flexibility index (Phi) is 5.04. The first-order valence-electron chi connectivity index (χ1n) is 4.05. The van der Waals surface area contributed by atoms with E-state index in [-0.39, 0.29) is 15.2 Å². The standard InChI is InChI=1S/C9H11NO2SSe/c11-9(12)8(6-13)10-14-7-4-2-1-3-5-7/h1-5,8,10,13H,6H2,(H,11,12). The van der Waals surface area contributed by atoms with Crippen molar-refractivity contribution in [2.24, 2.45) is 0 Å². The number of carboxylic acid groups (broad SMARTS) is 1. The van der Waals surface area contributed by atoms with Crippen molar-refractivity contribution in [3.05, 3.63) is 30.3 Å². The topological polar surface area (TPSA) is 49.3 Å². The first-order valence-corrected chi connectivity index (χ1v) is 6.39. The molecule has 0 radical (unpaired) electrons. The summed E-state index contributed by atoms with van der Waals surface area (Å²) in [6.45, 7) is 0. The molecular formula is C9H11NO2SSe. The van der Waals surface area contributed by atoms with Gasteiger partial charge in [0.15, 0.2) is 0 Å². The van der Waals surface area contributed by atoms with Gasteiger partial charge >= 0.3 is 94.6 Å². The third-order valence-corrected chi connectivity index (χ3v) is 3.82. The Morgan fingerprint density at radius 1 is 1.50 bits per heavy atom. The summed E-state index contributed by atoms with van der Waals surface area (Å²) in [6.07, 6.45) is 0. The molecule has 5 heteroatoms. The van der Waals surface area contributed by atoms with Crippen LogP contribution in [0.2, 0.25) is 0 Å². The molecule has 0 aromatic heterocycles. The van der Waals surface area contributed by atoms with Gasteiger partial charge in [-0.3, -0.25) is 0 Å². The molecule has 0 amide bonds. The van der Waals surface area contributed by atoms with Gasteiger partial charge in [0.25, 0.3) is 0 Å². The second kappa shape index (κ2) is 6.09. The number of benzene rings is 1. The zero-order valence-corrected chi connectivity index (χ0v) is 9.99. The number of thiol groups is 1. The number of aliphatic carboxylic acids is 1. The fraction of sp³-hybridized carbons (Fsp3) is 0.222. The quantitative estimate of drug-likeness (QED) is 0.520. The number of nitrogens with one attached hydrogen (secondary N) is 1. The molecule has 0 aliphatic rings. The fourth-order valence-electron chi connectivity index (χ4n) is 0.793. The predicted molar refractivity (Wildman–Crippen MR) is 60.2 cm³/mol. The van der Waals surface area contributed by atoms with Gasteiger partial charge in [-0.05, 0) is 0 Å². The number of carboxylic acids is 1. The Labute approximate surface area is 94.7 Å². The van der Waals surface area contributed by atoms with Gasteiger partial charge in [0, 0.05) is 0 Å². The minimum absolute atomic E-state index is 0.00690. The van der Waals surface area contributed by atoms with E-state index in [2.05, 4.69) is 17.0 Å². The van der Waals surface area contributed by atoms with Crippen LogP contribution in [0.1, 0.15) is 0 Å². The Morgan fingerprint density at radius 3 is 2.64 bits per heavy atom. The van der Waals surface area contributed by atoms with E-state index in [0.29, 0.717) is 5.75 Å². The van der Waals surface area contributed by atoms with Crippen LogP contribution in [0.15, 0.2) is 30.3 Å². The summed E-state index contributed by atoms with van der Waals surface area (Å²) in [6, 6.07) is 9.21. The molecule has 0 aliphatic carbocycles. The van der Waals surface area contributed by atoms with Gasteiger partial charge in [-0.25, -0.2) is 0 Å². The van der Waals surface area contributed by atoms with Crippen molar-refractivity contribution < 1.29 is 9.90 Å². The summed E-state index contributed by atoms with van der Waals surface area (Å²) >= 11 is 3.96.